The highest BCUT2D eigenvalue weighted by atomic mass is 32.2. The molecule has 2 aromatic carbocycles. The number of thioether (sulfide) groups is 1. The Morgan fingerprint density at radius 1 is 1.09 bits per heavy atom. The van der Waals surface area contributed by atoms with Crippen LogP contribution < -0.4 is 4.90 Å². The van der Waals surface area contributed by atoms with Crippen LogP contribution in [0.4, 0.5) is 5.69 Å². The number of hydrogen-bond acceptors (Lipinski definition) is 4. The molecule has 0 N–H and O–H groups in total. The van der Waals surface area contributed by atoms with Crippen molar-refractivity contribution in [3.8, 4) is 0 Å². The average Bonchev–Trinajstić information content (AvgIpc) is 2.82. The molecular weight excluding hydrogens is 326 g/mol. The lowest BCUT2D eigenvalue weighted by atomic mass is 10.1. The minimum absolute atomic E-state index is 0.0203. The third kappa shape index (κ3) is 3.25. The topological polar surface area (TPSA) is 37.4 Å². The summed E-state index contributed by atoms with van der Waals surface area (Å²) in [5.41, 5.74) is 2.29. The van der Waals surface area contributed by atoms with Crippen LogP contribution in [0.25, 0.3) is 6.08 Å². The highest BCUT2D eigenvalue weighted by Gasteiger charge is 2.33. The van der Waals surface area contributed by atoms with Gasteiger partial charge < -0.3 is 0 Å². The molecule has 1 aliphatic heterocycles. The van der Waals surface area contributed by atoms with Gasteiger partial charge in [0.05, 0.1) is 10.6 Å². The molecule has 3 nitrogen and oxygen atoms in total. The monoisotopic (exact) mass is 339 g/mol. The number of benzene rings is 2. The lowest BCUT2D eigenvalue weighted by Crippen LogP contribution is -2.27. The summed E-state index contributed by atoms with van der Waals surface area (Å²) in [5, 5.41) is 0. The van der Waals surface area contributed by atoms with Crippen molar-refractivity contribution in [3.63, 3.8) is 0 Å². The molecule has 0 spiro atoms. The summed E-state index contributed by atoms with van der Waals surface area (Å²) in [6, 6.07) is 16.5. The van der Waals surface area contributed by atoms with Crippen molar-refractivity contribution in [2.45, 2.75) is 6.92 Å². The Kier molecular flexibility index (Phi) is 4.41. The van der Waals surface area contributed by atoms with Gasteiger partial charge in [0, 0.05) is 5.56 Å². The number of carbonyl (C=O) groups excluding carboxylic acids is 2. The Balaban J connectivity index is 1.88. The second-order valence-electron chi connectivity index (χ2n) is 5.03. The molecule has 3 rings (SSSR count). The normalized spacial score (nSPS) is 16.2. The Hall–Kier alpha value is -2.24. The number of rotatable bonds is 3. The summed E-state index contributed by atoms with van der Waals surface area (Å²) in [5.74, 6) is -0.103. The number of para-hydroxylation sites is 1. The standard InChI is InChI=1S/C18H13NO2S2/c1-12(20)14-9-7-13(8-10-14)11-16-17(21)19(18(22)23-16)15-5-3-2-4-6-15/h2-11H,1H3/b16-11-. The molecule has 0 aliphatic carbocycles. The van der Waals surface area contributed by atoms with E-state index in [-0.39, 0.29) is 11.7 Å². The van der Waals surface area contributed by atoms with Gasteiger partial charge in [-0.25, -0.2) is 0 Å². The molecule has 1 saturated heterocycles. The van der Waals surface area contributed by atoms with Crippen molar-refractivity contribution >= 4 is 51.8 Å². The second kappa shape index (κ2) is 6.48. The SMILES string of the molecule is CC(=O)c1ccc(/C=C2\SC(=S)N(c3ccccc3)C2=O)cc1. The number of thiocarbonyl (C=S) groups is 1. The van der Waals surface area contributed by atoms with Gasteiger partial charge >= 0.3 is 0 Å². The Labute approximate surface area is 144 Å². The summed E-state index contributed by atoms with van der Waals surface area (Å²) in [6.07, 6.45) is 1.80. The molecule has 0 bridgehead atoms. The largest absolute Gasteiger partial charge is 0.295 e. The van der Waals surface area contributed by atoms with Crippen molar-refractivity contribution in [2.75, 3.05) is 4.90 Å². The van der Waals surface area contributed by atoms with Crippen LogP contribution in [0.5, 0.6) is 0 Å². The van der Waals surface area contributed by atoms with E-state index in [1.165, 1.54) is 23.6 Å². The van der Waals surface area contributed by atoms with Crippen molar-refractivity contribution in [2.24, 2.45) is 0 Å². The molecule has 0 aromatic heterocycles. The van der Waals surface area contributed by atoms with Crippen LogP contribution in [0.1, 0.15) is 22.8 Å². The fraction of sp³-hybridized carbons (Fsp3) is 0.0556. The molecule has 1 aliphatic rings. The van der Waals surface area contributed by atoms with Crippen LogP contribution in [0.2, 0.25) is 0 Å². The molecule has 0 radical (unpaired) electrons. The maximum absolute atomic E-state index is 12.6. The fourth-order valence-corrected chi connectivity index (χ4v) is 3.53. The van der Waals surface area contributed by atoms with Crippen LogP contribution >= 0.6 is 24.0 Å². The molecule has 2 aromatic rings. The van der Waals surface area contributed by atoms with Crippen molar-refractivity contribution < 1.29 is 9.59 Å². The molecule has 114 valence electrons. The zero-order valence-corrected chi connectivity index (χ0v) is 14.0. The Morgan fingerprint density at radius 2 is 1.74 bits per heavy atom. The van der Waals surface area contributed by atoms with E-state index in [0.717, 1.165) is 11.3 Å². The van der Waals surface area contributed by atoms with E-state index in [9.17, 15) is 9.59 Å². The van der Waals surface area contributed by atoms with E-state index >= 15 is 0 Å². The summed E-state index contributed by atoms with van der Waals surface area (Å²) in [4.78, 5) is 26.0. The van der Waals surface area contributed by atoms with Gasteiger partial charge in [0.2, 0.25) is 0 Å². The number of Topliss-reactive ketones (excluding diaryl/α,β-unsaturated/α-hetero) is 1. The highest BCUT2D eigenvalue weighted by Crippen LogP contribution is 2.35. The first-order valence-electron chi connectivity index (χ1n) is 7.00. The predicted octanol–water partition coefficient (Wildman–Crippen LogP) is 4.30. The predicted molar refractivity (Wildman–Crippen MR) is 98.5 cm³/mol. The van der Waals surface area contributed by atoms with Gasteiger partial charge in [-0.1, -0.05) is 66.4 Å². The number of ketones is 1. The van der Waals surface area contributed by atoms with Crippen molar-refractivity contribution in [3.05, 3.63) is 70.6 Å². The second-order valence-corrected chi connectivity index (χ2v) is 6.71. The maximum Gasteiger partial charge on any atom is 0.270 e. The first-order valence-corrected chi connectivity index (χ1v) is 8.23. The average molecular weight is 339 g/mol. The first kappa shape index (κ1) is 15.6. The zero-order chi connectivity index (χ0) is 16.4. The summed E-state index contributed by atoms with van der Waals surface area (Å²) >= 11 is 6.61. The molecular formula is C18H13NO2S2. The Bertz CT molecular complexity index is 811. The number of carbonyl (C=O) groups is 2. The van der Waals surface area contributed by atoms with Crippen LogP contribution in [0.3, 0.4) is 0 Å². The van der Waals surface area contributed by atoms with Crippen molar-refractivity contribution in [1.82, 2.24) is 0 Å². The molecule has 0 atom stereocenters. The lowest BCUT2D eigenvalue weighted by Gasteiger charge is -2.13. The van der Waals surface area contributed by atoms with Crippen LogP contribution in [-0.2, 0) is 4.79 Å². The lowest BCUT2D eigenvalue weighted by molar-refractivity contribution is -0.113. The van der Waals surface area contributed by atoms with Gasteiger partial charge in [-0.15, -0.1) is 0 Å². The van der Waals surface area contributed by atoms with E-state index in [1.54, 1.807) is 18.2 Å². The van der Waals surface area contributed by atoms with Gasteiger partial charge in [-0.3, -0.25) is 14.5 Å². The summed E-state index contributed by atoms with van der Waals surface area (Å²) in [6.45, 7) is 1.53. The minimum atomic E-state index is -0.123. The molecule has 1 amide bonds. The van der Waals surface area contributed by atoms with Gasteiger partial charge in [-0.2, -0.15) is 0 Å². The van der Waals surface area contributed by atoms with Crippen LogP contribution in [-0.4, -0.2) is 16.0 Å². The van der Waals surface area contributed by atoms with Crippen molar-refractivity contribution in [1.29, 1.82) is 0 Å². The van der Waals surface area contributed by atoms with E-state index in [4.69, 9.17) is 12.2 Å². The zero-order valence-electron chi connectivity index (χ0n) is 12.4. The highest BCUT2D eigenvalue weighted by molar-refractivity contribution is 8.27. The molecule has 0 saturated carbocycles. The molecule has 0 unspecified atom stereocenters. The Morgan fingerprint density at radius 3 is 2.35 bits per heavy atom. The van der Waals surface area contributed by atoms with Gasteiger partial charge in [0.15, 0.2) is 10.1 Å². The first-order chi connectivity index (χ1) is 11.1. The fourth-order valence-electron chi connectivity index (χ4n) is 2.23. The number of hydrogen-bond donors (Lipinski definition) is 0. The van der Waals surface area contributed by atoms with E-state index < -0.39 is 0 Å². The van der Waals surface area contributed by atoms with E-state index in [0.29, 0.717) is 14.8 Å². The summed E-state index contributed by atoms with van der Waals surface area (Å²) in [7, 11) is 0. The third-order valence-corrected chi connectivity index (χ3v) is 4.73. The van der Waals surface area contributed by atoms with Gasteiger partial charge in [0.25, 0.3) is 5.91 Å². The smallest absolute Gasteiger partial charge is 0.270 e. The minimum Gasteiger partial charge on any atom is -0.295 e. The van der Waals surface area contributed by atoms with Gasteiger partial charge in [0.1, 0.15) is 0 Å². The number of anilines is 1. The molecule has 1 fully saturated rings. The van der Waals surface area contributed by atoms with E-state index in [1.807, 2.05) is 42.5 Å². The van der Waals surface area contributed by atoms with Crippen LogP contribution in [0, 0.1) is 0 Å². The molecule has 23 heavy (non-hydrogen) atoms. The number of nitrogens with zero attached hydrogens (tertiary/aromatic N) is 1. The molecule has 5 heteroatoms. The molecule has 1 heterocycles. The quantitative estimate of drug-likeness (QED) is 0.475. The van der Waals surface area contributed by atoms with Crippen LogP contribution in [0.15, 0.2) is 59.5 Å². The van der Waals surface area contributed by atoms with Gasteiger partial charge in [-0.05, 0) is 30.7 Å². The third-order valence-electron chi connectivity index (χ3n) is 3.42. The maximum atomic E-state index is 12.6. The summed E-state index contributed by atoms with van der Waals surface area (Å²) < 4.78 is 0.521. The van der Waals surface area contributed by atoms with E-state index in [2.05, 4.69) is 0 Å². The number of amides is 1.